The zero-order valence-corrected chi connectivity index (χ0v) is 16.8. The Balaban J connectivity index is 1.50. The summed E-state index contributed by atoms with van der Waals surface area (Å²) < 4.78 is 24.5. The van der Waals surface area contributed by atoms with Gasteiger partial charge in [0.1, 0.15) is 11.6 Å². The maximum absolute atomic E-state index is 13.4. The number of oxazole rings is 1. The monoisotopic (exact) mass is 409 g/mol. The largest absolute Gasteiger partial charge is 0.441 e. The van der Waals surface area contributed by atoms with Gasteiger partial charge in [0.05, 0.1) is 19.3 Å². The van der Waals surface area contributed by atoms with Gasteiger partial charge < -0.3 is 14.5 Å². The maximum Gasteiger partial charge on any atom is 0.273 e. The predicted molar refractivity (Wildman–Crippen MR) is 111 cm³/mol. The fraction of sp³-hybridized carbons (Fsp3) is 0.304. The minimum Gasteiger partial charge on any atom is -0.441 e. The van der Waals surface area contributed by atoms with Crippen LogP contribution in [0.15, 0.2) is 59.0 Å². The summed E-state index contributed by atoms with van der Waals surface area (Å²) in [7, 11) is 0. The Morgan fingerprint density at radius 2 is 1.83 bits per heavy atom. The zero-order valence-electron chi connectivity index (χ0n) is 16.8. The number of hydrogen-bond donors (Lipinski definition) is 1. The lowest BCUT2D eigenvalue weighted by Gasteiger charge is -2.34. The fourth-order valence-corrected chi connectivity index (χ4v) is 3.62. The van der Waals surface area contributed by atoms with Crippen molar-refractivity contribution in [2.75, 3.05) is 32.8 Å². The molecule has 1 N–H and O–H groups in total. The zero-order chi connectivity index (χ0) is 20.9. The predicted octanol–water partition coefficient (Wildman–Crippen LogP) is 3.59. The van der Waals surface area contributed by atoms with Crippen LogP contribution in [0.2, 0.25) is 0 Å². The molecule has 1 aliphatic heterocycles. The summed E-state index contributed by atoms with van der Waals surface area (Å²) in [4.78, 5) is 19.5. The van der Waals surface area contributed by atoms with Crippen molar-refractivity contribution in [3.05, 3.63) is 77.4 Å². The Hall–Kier alpha value is -3.03. The van der Waals surface area contributed by atoms with Crippen molar-refractivity contribution in [1.29, 1.82) is 0 Å². The van der Waals surface area contributed by atoms with Gasteiger partial charge in [-0.15, -0.1) is 0 Å². The molecular weight excluding hydrogens is 385 g/mol. The maximum atomic E-state index is 13.4. The second-order valence-corrected chi connectivity index (χ2v) is 7.22. The first-order valence-corrected chi connectivity index (χ1v) is 10.00. The van der Waals surface area contributed by atoms with Crippen LogP contribution < -0.4 is 5.32 Å². The summed E-state index contributed by atoms with van der Waals surface area (Å²) in [6.45, 7) is 4.87. The molecule has 3 aromatic rings. The molecule has 1 unspecified atom stereocenters. The van der Waals surface area contributed by atoms with E-state index in [2.05, 4.69) is 15.2 Å². The highest BCUT2D eigenvalue weighted by atomic mass is 19.1. The number of nitrogens with zero attached hydrogens (tertiary/aromatic N) is 2. The lowest BCUT2D eigenvalue weighted by molar-refractivity contribution is 0.0162. The molecule has 1 fully saturated rings. The Morgan fingerprint density at radius 3 is 2.53 bits per heavy atom. The van der Waals surface area contributed by atoms with E-state index in [0.29, 0.717) is 31.4 Å². The minimum atomic E-state index is -0.293. The van der Waals surface area contributed by atoms with Gasteiger partial charge in [-0.3, -0.25) is 9.69 Å². The Bertz CT molecular complexity index is 983. The number of carbonyl (C=O) groups excluding carboxylic acids is 1. The molecule has 1 amide bonds. The molecule has 0 saturated carbocycles. The van der Waals surface area contributed by atoms with Gasteiger partial charge in [-0.05, 0) is 36.8 Å². The topological polar surface area (TPSA) is 67.6 Å². The van der Waals surface area contributed by atoms with Crippen LogP contribution in [0.5, 0.6) is 0 Å². The lowest BCUT2D eigenvalue weighted by Crippen LogP contribution is -2.44. The molecule has 1 atom stereocenters. The van der Waals surface area contributed by atoms with E-state index in [1.54, 1.807) is 19.1 Å². The van der Waals surface area contributed by atoms with Gasteiger partial charge in [0, 0.05) is 25.2 Å². The van der Waals surface area contributed by atoms with Crippen molar-refractivity contribution >= 4 is 5.91 Å². The van der Waals surface area contributed by atoms with Gasteiger partial charge in [-0.2, -0.15) is 0 Å². The molecule has 156 valence electrons. The quantitative estimate of drug-likeness (QED) is 0.674. The number of benzene rings is 2. The van der Waals surface area contributed by atoms with Crippen molar-refractivity contribution in [3.63, 3.8) is 0 Å². The molecular formula is C23H24FN3O3. The molecule has 7 heteroatoms. The number of hydrogen-bond acceptors (Lipinski definition) is 5. The number of ether oxygens (including phenoxy) is 1. The molecule has 0 spiro atoms. The summed E-state index contributed by atoms with van der Waals surface area (Å²) in [6, 6.07) is 15.8. The minimum absolute atomic E-state index is 0.0840. The highest BCUT2D eigenvalue weighted by Gasteiger charge is 2.25. The van der Waals surface area contributed by atoms with Gasteiger partial charge in [-0.25, -0.2) is 9.37 Å². The van der Waals surface area contributed by atoms with E-state index in [1.807, 2.05) is 30.3 Å². The molecule has 0 aliphatic carbocycles. The number of halogens is 1. The van der Waals surface area contributed by atoms with Crippen molar-refractivity contribution in [2.45, 2.75) is 13.0 Å². The molecule has 1 aliphatic rings. The van der Waals surface area contributed by atoms with E-state index in [4.69, 9.17) is 9.15 Å². The van der Waals surface area contributed by atoms with Crippen molar-refractivity contribution in [3.8, 4) is 11.5 Å². The summed E-state index contributed by atoms with van der Waals surface area (Å²) in [5.41, 5.74) is 2.03. The van der Waals surface area contributed by atoms with E-state index >= 15 is 0 Å². The number of aryl methyl sites for hydroxylation is 1. The van der Waals surface area contributed by atoms with Crippen LogP contribution in [-0.2, 0) is 4.74 Å². The number of nitrogens with one attached hydrogen (secondary N) is 1. The van der Waals surface area contributed by atoms with Crippen molar-refractivity contribution < 1.29 is 18.3 Å². The van der Waals surface area contributed by atoms with Crippen LogP contribution in [0.1, 0.15) is 27.9 Å². The van der Waals surface area contributed by atoms with Gasteiger partial charge >= 0.3 is 0 Å². The third-order valence-electron chi connectivity index (χ3n) is 5.23. The number of rotatable bonds is 6. The molecule has 6 nitrogen and oxygen atoms in total. The highest BCUT2D eigenvalue weighted by Crippen LogP contribution is 2.23. The number of morpholine rings is 1. The van der Waals surface area contributed by atoms with Gasteiger partial charge in [0.15, 0.2) is 5.69 Å². The van der Waals surface area contributed by atoms with Gasteiger partial charge in [0.2, 0.25) is 5.89 Å². The number of carbonyl (C=O) groups is 1. The van der Waals surface area contributed by atoms with Crippen LogP contribution >= 0.6 is 0 Å². The smallest absolute Gasteiger partial charge is 0.273 e. The SMILES string of the molecule is Cc1oc(-c2ccccc2)nc1C(=O)NCC(c1ccc(F)cc1)N1CCOCC1. The van der Waals surface area contributed by atoms with Crippen LogP contribution in [0.3, 0.4) is 0 Å². The molecule has 1 saturated heterocycles. The second kappa shape index (κ2) is 9.19. The van der Waals surface area contributed by atoms with E-state index in [-0.39, 0.29) is 23.5 Å². The Labute approximate surface area is 174 Å². The first-order chi connectivity index (χ1) is 14.6. The Kier molecular flexibility index (Phi) is 6.21. The summed E-state index contributed by atoms with van der Waals surface area (Å²) in [6.07, 6.45) is 0. The third-order valence-corrected chi connectivity index (χ3v) is 5.23. The van der Waals surface area contributed by atoms with E-state index in [9.17, 15) is 9.18 Å². The average molecular weight is 409 g/mol. The van der Waals surface area contributed by atoms with Crippen LogP contribution in [0, 0.1) is 12.7 Å². The third kappa shape index (κ3) is 4.58. The summed E-state index contributed by atoms with van der Waals surface area (Å²) in [5.74, 6) is 0.312. The normalized spacial score (nSPS) is 15.7. The van der Waals surface area contributed by atoms with E-state index in [0.717, 1.165) is 24.2 Å². The van der Waals surface area contributed by atoms with Crippen molar-refractivity contribution in [2.24, 2.45) is 0 Å². The number of aromatic nitrogens is 1. The molecule has 4 rings (SSSR count). The fourth-order valence-electron chi connectivity index (χ4n) is 3.62. The summed E-state index contributed by atoms with van der Waals surface area (Å²) in [5, 5.41) is 2.98. The van der Waals surface area contributed by atoms with Crippen molar-refractivity contribution in [1.82, 2.24) is 15.2 Å². The molecule has 0 radical (unpaired) electrons. The molecule has 0 bridgehead atoms. The van der Waals surface area contributed by atoms with E-state index < -0.39 is 0 Å². The van der Waals surface area contributed by atoms with E-state index in [1.165, 1.54) is 12.1 Å². The standard InChI is InChI=1S/C23H24FN3O3/c1-16-21(26-23(30-16)18-5-3-2-4-6-18)22(28)25-15-20(27-11-13-29-14-12-27)17-7-9-19(24)10-8-17/h2-10,20H,11-15H2,1H3,(H,25,28). The van der Waals surface area contributed by atoms with Crippen LogP contribution in [0.4, 0.5) is 4.39 Å². The Morgan fingerprint density at radius 1 is 1.13 bits per heavy atom. The summed E-state index contributed by atoms with van der Waals surface area (Å²) >= 11 is 0. The van der Waals surface area contributed by atoms with Gasteiger partial charge in [0.25, 0.3) is 5.91 Å². The first kappa shape index (κ1) is 20.3. The highest BCUT2D eigenvalue weighted by molar-refractivity contribution is 5.93. The molecule has 2 heterocycles. The first-order valence-electron chi connectivity index (χ1n) is 10.00. The molecule has 2 aromatic carbocycles. The molecule has 30 heavy (non-hydrogen) atoms. The van der Waals surface area contributed by atoms with Gasteiger partial charge in [-0.1, -0.05) is 30.3 Å². The van der Waals surface area contributed by atoms with Crippen LogP contribution in [-0.4, -0.2) is 48.6 Å². The van der Waals surface area contributed by atoms with Crippen LogP contribution in [0.25, 0.3) is 11.5 Å². The second-order valence-electron chi connectivity index (χ2n) is 7.22. The number of amides is 1. The lowest BCUT2D eigenvalue weighted by atomic mass is 10.0. The average Bonchev–Trinajstić information content (AvgIpc) is 3.18. The molecule has 1 aromatic heterocycles.